The summed E-state index contributed by atoms with van der Waals surface area (Å²) in [6.07, 6.45) is 2.14. The molecule has 0 saturated heterocycles. The number of aryl methyl sites for hydroxylation is 3. The highest BCUT2D eigenvalue weighted by molar-refractivity contribution is 6.31. The van der Waals surface area contributed by atoms with Gasteiger partial charge in [-0.05, 0) is 39.2 Å². The molecule has 1 heterocycles. The van der Waals surface area contributed by atoms with Gasteiger partial charge in [-0.2, -0.15) is 5.10 Å². The molecule has 0 aliphatic rings. The summed E-state index contributed by atoms with van der Waals surface area (Å²) in [5.41, 5.74) is 3.36. The van der Waals surface area contributed by atoms with Gasteiger partial charge in [0.25, 0.3) is 0 Å². The molecule has 0 aliphatic heterocycles. The number of halogens is 1. The van der Waals surface area contributed by atoms with Crippen LogP contribution in [0.15, 0.2) is 30.3 Å². The number of nitrogens with one attached hydrogen (secondary N) is 1. The number of rotatable bonds is 6. The molecule has 0 fully saturated rings. The van der Waals surface area contributed by atoms with Crippen molar-refractivity contribution >= 4 is 11.6 Å². The SMILES string of the molecule is Cc1nn(C)c(CNC(C)(C)CCc2ccccc2)c1Cl. The fourth-order valence-corrected chi connectivity index (χ4v) is 2.61. The van der Waals surface area contributed by atoms with Crippen molar-refractivity contribution in [2.75, 3.05) is 0 Å². The molecule has 0 saturated carbocycles. The van der Waals surface area contributed by atoms with Gasteiger partial charge >= 0.3 is 0 Å². The zero-order valence-corrected chi connectivity index (χ0v) is 14.0. The lowest BCUT2D eigenvalue weighted by molar-refractivity contribution is 0.355. The topological polar surface area (TPSA) is 29.9 Å². The van der Waals surface area contributed by atoms with Crippen LogP contribution in [0.3, 0.4) is 0 Å². The van der Waals surface area contributed by atoms with Crippen molar-refractivity contribution < 1.29 is 0 Å². The van der Waals surface area contributed by atoms with E-state index in [9.17, 15) is 0 Å². The largest absolute Gasteiger partial charge is 0.306 e. The van der Waals surface area contributed by atoms with Crippen LogP contribution in [0.5, 0.6) is 0 Å². The summed E-state index contributed by atoms with van der Waals surface area (Å²) in [7, 11) is 1.94. The third-order valence-corrected chi connectivity index (χ3v) is 4.37. The Kier molecular flexibility index (Phi) is 5.07. The number of hydrogen-bond donors (Lipinski definition) is 1. The predicted molar refractivity (Wildman–Crippen MR) is 88.6 cm³/mol. The van der Waals surface area contributed by atoms with E-state index in [4.69, 9.17) is 11.6 Å². The molecule has 2 aromatic rings. The molecule has 1 aromatic heterocycles. The Bertz CT molecular complexity index is 588. The average molecular weight is 306 g/mol. The van der Waals surface area contributed by atoms with E-state index in [1.165, 1.54) is 5.56 Å². The molecule has 1 N–H and O–H groups in total. The van der Waals surface area contributed by atoms with Crippen molar-refractivity contribution in [1.29, 1.82) is 0 Å². The molecule has 0 amide bonds. The first-order valence-electron chi connectivity index (χ1n) is 7.36. The van der Waals surface area contributed by atoms with Crippen LogP contribution < -0.4 is 5.32 Å². The van der Waals surface area contributed by atoms with Crippen LogP contribution >= 0.6 is 11.6 Å². The van der Waals surface area contributed by atoms with Crippen LogP contribution in [-0.4, -0.2) is 15.3 Å². The molecule has 3 nitrogen and oxygen atoms in total. The van der Waals surface area contributed by atoms with Gasteiger partial charge < -0.3 is 5.32 Å². The van der Waals surface area contributed by atoms with Crippen molar-refractivity contribution in [2.45, 2.75) is 45.7 Å². The second kappa shape index (κ2) is 6.63. The zero-order valence-electron chi connectivity index (χ0n) is 13.3. The lowest BCUT2D eigenvalue weighted by atomic mass is 9.95. The maximum atomic E-state index is 6.29. The molecule has 0 bridgehead atoms. The molecular weight excluding hydrogens is 282 g/mol. The summed E-state index contributed by atoms with van der Waals surface area (Å²) in [5, 5.41) is 8.71. The van der Waals surface area contributed by atoms with Crippen LogP contribution in [0.2, 0.25) is 5.02 Å². The van der Waals surface area contributed by atoms with Gasteiger partial charge in [0.1, 0.15) is 0 Å². The average Bonchev–Trinajstić information content (AvgIpc) is 2.69. The lowest BCUT2D eigenvalue weighted by Gasteiger charge is -2.26. The standard InChI is InChI=1S/C17H24ClN3/c1-13-16(18)15(21(4)20-13)12-19-17(2,3)11-10-14-8-6-5-7-9-14/h5-9,19H,10-12H2,1-4H3. The van der Waals surface area contributed by atoms with Crippen LogP contribution in [0.4, 0.5) is 0 Å². The third-order valence-electron chi connectivity index (χ3n) is 3.88. The number of aromatic nitrogens is 2. The molecule has 0 radical (unpaired) electrons. The minimum Gasteiger partial charge on any atom is -0.306 e. The minimum atomic E-state index is 0.0529. The van der Waals surface area contributed by atoms with Gasteiger partial charge in [-0.25, -0.2) is 0 Å². The summed E-state index contributed by atoms with van der Waals surface area (Å²) in [4.78, 5) is 0. The first kappa shape index (κ1) is 16.1. The molecule has 0 spiro atoms. The molecule has 0 atom stereocenters. The van der Waals surface area contributed by atoms with Crippen LogP contribution in [0, 0.1) is 6.92 Å². The van der Waals surface area contributed by atoms with Gasteiger partial charge in [0.2, 0.25) is 0 Å². The molecule has 2 rings (SSSR count). The highest BCUT2D eigenvalue weighted by Gasteiger charge is 2.19. The smallest absolute Gasteiger partial charge is 0.0860 e. The van der Waals surface area contributed by atoms with Gasteiger partial charge in [-0.1, -0.05) is 41.9 Å². The van der Waals surface area contributed by atoms with Crippen LogP contribution in [0.25, 0.3) is 0 Å². The second-order valence-electron chi connectivity index (χ2n) is 6.19. The fraction of sp³-hybridized carbons (Fsp3) is 0.471. The number of nitrogens with zero attached hydrogens (tertiary/aromatic N) is 2. The second-order valence-corrected chi connectivity index (χ2v) is 6.57. The Balaban J connectivity index is 1.92. The van der Waals surface area contributed by atoms with Crippen molar-refractivity contribution in [1.82, 2.24) is 15.1 Å². The van der Waals surface area contributed by atoms with E-state index >= 15 is 0 Å². The normalized spacial score (nSPS) is 11.9. The molecule has 0 unspecified atom stereocenters. The Morgan fingerprint density at radius 2 is 1.90 bits per heavy atom. The summed E-state index contributed by atoms with van der Waals surface area (Å²) in [6, 6.07) is 10.6. The molecular formula is C17H24ClN3. The van der Waals surface area contributed by atoms with Gasteiger partial charge in [0.05, 0.1) is 16.4 Å². The number of benzene rings is 1. The van der Waals surface area contributed by atoms with Crippen molar-refractivity contribution in [2.24, 2.45) is 7.05 Å². The summed E-state index contributed by atoms with van der Waals surface area (Å²) >= 11 is 6.29. The molecule has 114 valence electrons. The van der Waals surface area contributed by atoms with Crippen LogP contribution in [-0.2, 0) is 20.0 Å². The molecule has 21 heavy (non-hydrogen) atoms. The summed E-state index contributed by atoms with van der Waals surface area (Å²) < 4.78 is 1.86. The first-order valence-corrected chi connectivity index (χ1v) is 7.74. The van der Waals surface area contributed by atoms with E-state index in [2.05, 4.69) is 54.6 Å². The van der Waals surface area contributed by atoms with E-state index in [0.29, 0.717) is 0 Å². The first-order chi connectivity index (χ1) is 9.89. The zero-order chi connectivity index (χ0) is 15.5. The van der Waals surface area contributed by atoms with E-state index in [0.717, 1.165) is 35.8 Å². The van der Waals surface area contributed by atoms with Crippen molar-refractivity contribution in [3.63, 3.8) is 0 Å². The maximum absolute atomic E-state index is 6.29. The summed E-state index contributed by atoms with van der Waals surface area (Å²) in [6.45, 7) is 7.13. The molecule has 4 heteroatoms. The Hall–Kier alpha value is -1.32. The highest BCUT2D eigenvalue weighted by Crippen LogP contribution is 2.21. The van der Waals surface area contributed by atoms with Gasteiger partial charge in [-0.15, -0.1) is 0 Å². The molecule has 0 aliphatic carbocycles. The third kappa shape index (κ3) is 4.32. The minimum absolute atomic E-state index is 0.0529. The van der Waals surface area contributed by atoms with E-state index in [1.807, 2.05) is 18.7 Å². The quantitative estimate of drug-likeness (QED) is 0.877. The summed E-state index contributed by atoms with van der Waals surface area (Å²) in [5.74, 6) is 0. The van der Waals surface area contributed by atoms with Crippen molar-refractivity contribution in [3.05, 3.63) is 52.3 Å². The van der Waals surface area contributed by atoms with E-state index < -0.39 is 0 Å². The van der Waals surface area contributed by atoms with Gasteiger partial charge in [-0.3, -0.25) is 4.68 Å². The maximum Gasteiger partial charge on any atom is 0.0860 e. The van der Waals surface area contributed by atoms with E-state index in [1.54, 1.807) is 0 Å². The highest BCUT2D eigenvalue weighted by atomic mass is 35.5. The lowest BCUT2D eigenvalue weighted by Crippen LogP contribution is -2.39. The Morgan fingerprint density at radius 3 is 2.48 bits per heavy atom. The van der Waals surface area contributed by atoms with Crippen LogP contribution in [0.1, 0.15) is 37.2 Å². The fourth-order valence-electron chi connectivity index (χ4n) is 2.39. The predicted octanol–water partition coefficient (Wildman–Crippen LogP) is 3.88. The van der Waals surface area contributed by atoms with Gasteiger partial charge in [0.15, 0.2) is 0 Å². The molecule has 1 aromatic carbocycles. The Morgan fingerprint density at radius 1 is 1.24 bits per heavy atom. The van der Waals surface area contributed by atoms with E-state index in [-0.39, 0.29) is 5.54 Å². The Labute approximate surface area is 132 Å². The van der Waals surface area contributed by atoms with Gasteiger partial charge in [0, 0.05) is 19.1 Å². The number of hydrogen-bond acceptors (Lipinski definition) is 2. The monoisotopic (exact) mass is 305 g/mol. The van der Waals surface area contributed by atoms with Crippen molar-refractivity contribution in [3.8, 4) is 0 Å².